The summed E-state index contributed by atoms with van der Waals surface area (Å²) >= 11 is 5.94. The first-order valence-electron chi connectivity index (χ1n) is 8.02. The van der Waals surface area contributed by atoms with Crippen LogP contribution in [0.5, 0.6) is 5.75 Å². The zero-order valence-electron chi connectivity index (χ0n) is 14.6. The molecule has 0 fully saturated rings. The van der Waals surface area contributed by atoms with Gasteiger partial charge < -0.3 is 14.2 Å². The van der Waals surface area contributed by atoms with Crippen LogP contribution < -0.4 is 4.74 Å². The third-order valence-electron chi connectivity index (χ3n) is 3.98. The minimum Gasteiger partial charge on any atom is -0.481 e. The van der Waals surface area contributed by atoms with Crippen LogP contribution >= 0.6 is 11.6 Å². The van der Waals surface area contributed by atoms with Gasteiger partial charge in [0.1, 0.15) is 11.6 Å². The van der Waals surface area contributed by atoms with E-state index < -0.39 is 6.10 Å². The Morgan fingerprint density at radius 1 is 1.46 bits per heavy atom. The minimum atomic E-state index is -0.539. The first-order chi connectivity index (χ1) is 11.4. The van der Waals surface area contributed by atoms with E-state index in [0.717, 1.165) is 24.2 Å². The lowest BCUT2D eigenvalue weighted by molar-refractivity contribution is -0.136. The van der Waals surface area contributed by atoms with Gasteiger partial charge in [0, 0.05) is 44.5 Å². The van der Waals surface area contributed by atoms with Crippen molar-refractivity contribution in [2.75, 3.05) is 13.6 Å². The van der Waals surface area contributed by atoms with Crippen LogP contribution in [-0.4, -0.2) is 40.1 Å². The largest absolute Gasteiger partial charge is 0.481 e. The Morgan fingerprint density at radius 3 is 2.83 bits per heavy atom. The van der Waals surface area contributed by atoms with E-state index in [9.17, 15) is 4.79 Å². The summed E-state index contributed by atoms with van der Waals surface area (Å²) in [7, 11) is 3.77. The third-order valence-corrected chi connectivity index (χ3v) is 4.21. The van der Waals surface area contributed by atoms with Gasteiger partial charge in [0.15, 0.2) is 6.10 Å². The van der Waals surface area contributed by atoms with E-state index in [1.165, 1.54) is 0 Å². The summed E-state index contributed by atoms with van der Waals surface area (Å²) in [5, 5.41) is 0.658. The van der Waals surface area contributed by atoms with Gasteiger partial charge >= 0.3 is 0 Å². The molecule has 0 aliphatic rings. The van der Waals surface area contributed by atoms with Crippen LogP contribution in [0.4, 0.5) is 0 Å². The number of ether oxygens (including phenoxy) is 1. The van der Waals surface area contributed by atoms with Crippen molar-refractivity contribution in [2.45, 2.75) is 32.8 Å². The summed E-state index contributed by atoms with van der Waals surface area (Å²) in [5.41, 5.74) is 0.916. The Kier molecular flexibility index (Phi) is 6.26. The number of likely N-dealkylation sites (N-methyl/N-ethyl adjacent to an activating group) is 1. The monoisotopic (exact) mass is 349 g/mol. The van der Waals surface area contributed by atoms with Gasteiger partial charge in [-0.1, -0.05) is 11.6 Å². The Hall–Kier alpha value is -2.01. The summed E-state index contributed by atoms with van der Waals surface area (Å²) in [6.45, 7) is 4.35. The first-order valence-corrected chi connectivity index (χ1v) is 8.40. The SMILES string of the molecule is Cc1cc(Cl)ccc1O[C@@H](C)C(=O)N(C)CCCc1nccn1C. The van der Waals surface area contributed by atoms with Gasteiger partial charge in [0.05, 0.1) is 0 Å². The Labute approximate surface area is 148 Å². The number of benzene rings is 1. The normalized spacial score (nSPS) is 12.0. The third kappa shape index (κ3) is 4.74. The Bertz CT molecular complexity index is 699. The molecule has 0 aliphatic heterocycles. The van der Waals surface area contributed by atoms with Crippen LogP contribution in [0.2, 0.25) is 5.02 Å². The van der Waals surface area contributed by atoms with E-state index in [2.05, 4.69) is 4.98 Å². The number of hydrogen-bond acceptors (Lipinski definition) is 3. The summed E-state index contributed by atoms with van der Waals surface area (Å²) in [6, 6.07) is 5.38. The quantitative estimate of drug-likeness (QED) is 0.771. The van der Waals surface area contributed by atoms with Crippen LogP contribution in [0.1, 0.15) is 24.7 Å². The molecule has 1 heterocycles. The molecule has 1 aromatic heterocycles. The van der Waals surface area contributed by atoms with Crippen molar-refractivity contribution < 1.29 is 9.53 Å². The fraction of sp³-hybridized carbons (Fsp3) is 0.444. The molecule has 6 heteroatoms. The number of rotatable bonds is 7. The molecule has 5 nitrogen and oxygen atoms in total. The van der Waals surface area contributed by atoms with Gasteiger partial charge in [-0.15, -0.1) is 0 Å². The molecule has 1 atom stereocenters. The lowest BCUT2D eigenvalue weighted by Crippen LogP contribution is -2.38. The highest BCUT2D eigenvalue weighted by molar-refractivity contribution is 6.30. The van der Waals surface area contributed by atoms with Crippen molar-refractivity contribution in [3.05, 3.63) is 47.0 Å². The van der Waals surface area contributed by atoms with Gasteiger partial charge in [-0.25, -0.2) is 4.98 Å². The fourth-order valence-electron chi connectivity index (χ4n) is 2.52. The maximum absolute atomic E-state index is 12.4. The molecule has 1 amide bonds. The summed E-state index contributed by atoms with van der Waals surface area (Å²) < 4.78 is 7.78. The zero-order chi connectivity index (χ0) is 17.7. The predicted molar refractivity (Wildman–Crippen MR) is 95.4 cm³/mol. The van der Waals surface area contributed by atoms with E-state index >= 15 is 0 Å². The summed E-state index contributed by atoms with van der Waals surface area (Å²) in [4.78, 5) is 18.4. The number of aromatic nitrogens is 2. The number of carbonyl (C=O) groups is 1. The fourth-order valence-corrected chi connectivity index (χ4v) is 2.74. The van der Waals surface area contributed by atoms with E-state index in [-0.39, 0.29) is 5.91 Å². The first kappa shape index (κ1) is 18.3. The lowest BCUT2D eigenvalue weighted by Gasteiger charge is -2.22. The second-order valence-electron chi connectivity index (χ2n) is 5.99. The number of aryl methyl sites for hydroxylation is 3. The molecule has 0 unspecified atom stereocenters. The topological polar surface area (TPSA) is 47.4 Å². The average molecular weight is 350 g/mol. The molecule has 0 saturated heterocycles. The molecular formula is C18H24ClN3O2. The van der Waals surface area contributed by atoms with Crippen molar-refractivity contribution in [1.29, 1.82) is 0 Å². The van der Waals surface area contributed by atoms with Crippen molar-refractivity contribution in [3.8, 4) is 5.75 Å². The van der Waals surface area contributed by atoms with Gasteiger partial charge in [0.2, 0.25) is 0 Å². The predicted octanol–water partition coefficient (Wildman–Crippen LogP) is 3.24. The van der Waals surface area contributed by atoms with E-state index in [0.29, 0.717) is 17.3 Å². The molecule has 0 spiro atoms. The number of nitrogens with zero attached hydrogens (tertiary/aromatic N) is 3. The molecule has 0 N–H and O–H groups in total. The van der Waals surface area contributed by atoms with Crippen LogP contribution in [0, 0.1) is 6.92 Å². The van der Waals surface area contributed by atoms with E-state index in [4.69, 9.17) is 16.3 Å². The molecule has 0 saturated carbocycles. The molecule has 2 aromatic rings. The van der Waals surface area contributed by atoms with Crippen molar-refractivity contribution in [2.24, 2.45) is 7.05 Å². The van der Waals surface area contributed by atoms with E-state index in [1.807, 2.05) is 30.8 Å². The second-order valence-corrected chi connectivity index (χ2v) is 6.42. The molecule has 0 aliphatic carbocycles. The zero-order valence-corrected chi connectivity index (χ0v) is 15.4. The summed E-state index contributed by atoms with van der Waals surface area (Å²) in [6.07, 6.45) is 4.87. The van der Waals surface area contributed by atoms with Gasteiger partial charge in [0.25, 0.3) is 5.91 Å². The highest BCUT2D eigenvalue weighted by Gasteiger charge is 2.19. The summed E-state index contributed by atoms with van der Waals surface area (Å²) in [5.74, 6) is 1.67. The van der Waals surface area contributed by atoms with Crippen LogP contribution in [-0.2, 0) is 18.3 Å². The van der Waals surface area contributed by atoms with Crippen molar-refractivity contribution in [3.63, 3.8) is 0 Å². The van der Waals surface area contributed by atoms with Crippen molar-refractivity contribution in [1.82, 2.24) is 14.5 Å². The number of imidazole rings is 1. The highest BCUT2D eigenvalue weighted by atomic mass is 35.5. The number of carbonyl (C=O) groups excluding carboxylic acids is 1. The minimum absolute atomic E-state index is 0.0378. The second kappa shape index (κ2) is 8.20. The van der Waals surface area contributed by atoms with Crippen LogP contribution in [0.3, 0.4) is 0 Å². The van der Waals surface area contributed by atoms with E-state index in [1.54, 1.807) is 37.2 Å². The molecule has 2 rings (SSSR count). The number of halogens is 1. The maximum Gasteiger partial charge on any atom is 0.263 e. The Balaban J connectivity index is 1.84. The lowest BCUT2D eigenvalue weighted by atomic mass is 10.2. The van der Waals surface area contributed by atoms with Crippen LogP contribution in [0.25, 0.3) is 0 Å². The molecule has 130 valence electrons. The van der Waals surface area contributed by atoms with Gasteiger partial charge in [-0.3, -0.25) is 4.79 Å². The molecule has 24 heavy (non-hydrogen) atoms. The van der Waals surface area contributed by atoms with Gasteiger partial charge in [-0.2, -0.15) is 0 Å². The standard InChI is InChI=1S/C18H24ClN3O2/c1-13-12-15(19)7-8-16(13)24-14(2)18(23)22(4)10-5-6-17-20-9-11-21(17)3/h7-9,11-12,14H,5-6,10H2,1-4H3/t14-/m0/s1. The number of amides is 1. The average Bonchev–Trinajstić information content (AvgIpc) is 2.94. The smallest absolute Gasteiger partial charge is 0.263 e. The molecular weight excluding hydrogens is 326 g/mol. The highest BCUT2D eigenvalue weighted by Crippen LogP contribution is 2.23. The maximum atomic E-state index is 12.4. The van der Waals surface area contributed by atoms with Crippen molar-refractivity contribution >= 4 is 17.5 Å². The molecule has 0 radical (unpaired) electrons. The Morgan fingerprint density at radius 2 is 2.21 bits per heavy atom. The molecule has 1 aromatic carbocycles. The molecule has 0 bridgehead atoms. The number of hydrogen-bond donors (Lipinski definition) is 0. The van der Waals surface area contributed by atoms with Gasteiger partial charge in [-0.05, 0) is 44.0 Å². The van der Waals surface area contributed by atoms with Crippen LogP contribution in [0.15, 0.2) is 30.6 Å².